The fourth-order valence-electron chi connectivity index (χ4n) is 5.66. The van der Waals surface area contributed by atoms with Crippen molar-refractivity contribution in [1.29, 1.82) is 0 Å². The molecule has 0 heterocycles. The molecule has 1 nitrogen and oxygen atoms in total. The summed E-state index contributed by atoms with van der Waals surface area (Å²) in [5, 5.41) is 0. The van der Waals surface area contributed by atoms with Crippen LogP contribution in [-0.2, 0) is 6.42 Å². The quantitative estimate of drug-likeness (QED) is 0.209. The third-order valence-electron chi connectivity index (χ3n) is 8.10. The van der Waals surface area contributed by atoms with Crippen molar-refractivity contribution in [2.24, 2.45) is 11.8 Å². The molecule has 0 atom stereocenters. The number of halogens is 2. The maximum atomic E-state index is 15.0. The first kappa shape index (κ1) is 28.7. The normalized spacial score (nSPS) is 17.9. The molecule has 0 N–H and O–H groups in total. The van der Waals surface area contributed by atoms with Gasteiger partial charge in [-0.15, -0.1) is 0 Å². The highest BCUT2D eigenvalue weighted by molar-refractivity contribution is 5.65. The van der Waals surface area contributed by atoms with Crippen LogP contribution in [-0.4, -0.2) is 6.61 Å². The van der Waals surface area contributed by atoms with Crippen LogP contribution in [0, 0.1) is 23.5 Å². The van der Waals surface area contributed by atoms with E-state index in [4.69, 9.17) is 4.74 Å². The molecule has 0 spiro atoms. The van der Waals surface area contributed by atoms with Crippen LogP contribution in [0.2, 0.25) is 0 Å². The fourth-order valence-corrected chi connectivity index (χ4v) is 5.66. The van der Waals surface area contributed by atoms with Crippen LogP contribution in [0.3, 0.4) is 0 Å². The van der Waals surface area contributed by atoms with Gasteiger partial charge < -0.3 is 4.74 Å². The van der Waals surface area contributed by atoms with E-state index in [1.54, 1.807) is 12.1 Å². The van der Waals surface area contributed by atoms with Crippen LogP contribution in [0.5, 0.6) is 5.75 Å². The molecule has 0 aromatic heterocycles. The highest BCUT2D eigenvalue weighted by Gasteiger charge is 2.22. The molecule has 0 saturated heterocycles. The van der Waals surface area contributed by atoms with Crippen molar-refractivity contribution in [2.75, 3.05) is 6.61 Å². The highest BCUT2D eigenvalue weighted by Crippen LogP contribution is 2.35. The van der Waals surface area contributed by atoms with E-state index in [-0.39, 0.29) is 0 Å². The van der Waals surface area contributed by atoms with Gasteiger partial charge in [-0.3, -0.25) is 0 Å². The predicted octanol–water partition coefficient (Wildman–Crippen LogP) is 10.7. The van der Waals surface area contributed by atoms with Crippen LogP contribution in [0.25, 0.3) is 11.1 Å². The molecule has 3 heteroatoms. The van der Waals surface area contributed by atoms with E-state index in [1.165, 1.54) is 83.5 Å². The summed E-state index contributed by atoms with van der Waals surface area (Å²) in [5.74, 6) is 0.911. The van der Waals surface area contributed by atoms with Gasteiger partial charge in [0.1, 0.15) is 5.75 Å². The zero-order valence-corrected chi connectivity index (χ0v) is 22.8. The van der Waals surface area contributed by atoms with E-state index >= 15 is 0 Å². The van der Waals surface area contributed by atoms with E-state index in [2.05, 4.69) is 13.8 Å². The third-order valence-corrected chi connectivity index (χ3v) is 8.10. The monoisotopic (exact) mass is 498 g/mol. The van der Waals surface area contributed by atoms with E-state index in [1.807, 2.05) is 24.3 Å². The molecule has 0 bridgehead atoms. The molecule has 1 aliphatic carbocycles. The average Bonchev–Trinajstić information content (AvgIpc) is 2.90. The standard InChI is InChI=1S/C33H48F2O/c1-3-5-7-8-9-11-25-36-30-22-19-28(20-23-30)31-24-21-29(32(34)33(31)35)18-17-27-15-13-26(14-16-27)12-10-6-4-2/h19-24,26-27H,3-18,25H2,1-2H3. The summed E-state index contributed by atoms with van der Waals surface area (Å²) in [7, 11) is 0. The molecule has 0 radical (unpaired) electrons. The smallest absolute Gasteiger partial charge is 0.166 e. The van der Waals surface area contributed by atoms with Gasteiger partial charge in [0.05, 0.1) is 6.61 Å². The fraction of sp³-hybridized carbons (Fsp3) is 0.636. The van der Waals surface area contributed by atoms with Gasteiger partial charge >= 0.3 is 0 Å². The van der Waals surface area contributed by atoms with Crippen molar-refractivity contribution in [3.63, 3.8) is 0 Å². The molecule has 1 fully saturated rings. The Labute approximate surface area is 219 Å². The molecule has 200 valence electrons. The van der Waals surface area contributed by atoms with Crippen molar-refractivity contribution in [2.45, 2.75) is 117 Å². The lowest BCUT2D eigenvalue weighted by Crippen LogP contribution is -2.15. The largest absolute Gasteiger partial charge is 0.494 e. The summed E-state index contributed by atoms with van der Waals surface area (Å²) < 4.78 is 35.7. The minimum atomic E-state index is -0.729. The Kier molecular flexibility index (Phi) is 12.8. The second kappa shape index (κ2) is 16.0. The minimum absolute atomic E-state index is 0.325. The zero-order chi connectivity index (χ0) is 25.6. The van der Waals surface area contributed by atoms with Crippen LogP contribution in [0.4, 0.5) is 8.78 Å². The lowest BCUT2D eigenvalue weighted by Gasteiger charge is -2.28. The van der Waals surface area contributed by atoms with Gasteiger partial charge in [-0.05, 0) is 54.4 Å². The van der Waals surface area contributed by atoms with Crippen LogP contribution < -0.4 is 4.74 Å². The number of hydrogen-bond donors (Lipinski definition) is 0. The molecular weight excluding hydrogens is 450 g/mol. The second-order valence-corrected chi connectivity index (χ2v) is 11.0. The number of hydrogen-bond acceptors (Lipinski definition) is 1. The van der Waals surface area contributed by atoms with Crippen molar-refractivity contribution >= 4 is 0 Å². The topological polar surface area (TPSA) is 9.23 Å². The third kappa shape index (κ3) is 9.20. The Balaban J connectivity index is 1.45. The van der Waals surface area contributed by atoms with Crippen LogP contribution >= 0.6 is 0 Å². The lowest BCUT2D eigenvalue weighted by atomic mass is 9.77. The molecule has 1 saturated carbocycles. The van der Waals surface area contributed by atoms with Gasteiger partial charge in [-0.25, -0.2) is 8.78 Å². The van der Waals surface area contributed by atoms with Crippen molar-refractivity contribution in [3.05, 3.63) is 53.6 Å². The van der Waals surface area contributed by atoms with Crippen LogP contribution in [0.1, 0.15) is 116 Å². The number of rotatable bonds is 16. The van der Waals surface area contributed by atoms with E-state index < -0.39 is 11.6 Å². The Bertz CT molecular complexity index is 868. The summed E-state index contributed by atoms with van der Waals surface area (Å²) in [5.41, 5.74) is 1.53. The molecule has 1 aliphatic rings. The van der Waals surface area contributed by atoms with E-state index in [0.29, 0.717) is 35.6 Å². The van der Waals surface area contributed by atoms with Gasteiger partial charge in [-0.2, -0.15) is 0 Å². The first-order valence-corrected chi connectivity index (χ1v) is 14.8. The van der Waals surface area contributed by atoms with Crippen molar-refractivity contribution < 1.29 is 13.5 Å². The van der Waals surface area contributed by atoms with Gasteiger partial charge in [0.15, 0.2) is 11.6 Å². The lowest BCUT2D eigenvalue weighted by molar-refractivity contribution is 0.248. The molecule has 2 aromatic carbocycles. The van der Waals surface area contributed by atoms with Crippen molar-refractivity contribution in [1.82, 2.24) is 0 Å². The summed E-state index contributed by atoms with van der Waals surface area (Å²) in [6, 6.07) is 10.9. The molecule has 2 aromatic rings. The average molecular weight is 499 g/mol. The summed E-state index contributed by atoms with van der Waals surface area (Å²) in [6.07, 6.45) is 19.4. The Morgan fingerprint density at radius 2 is 1.28 bits per heavy atom. The maximum absolute atomic E-state index is 15.0. The number of aryl methyl sites for hydroxylation is 1. The van der Waals surface area contributed by atoms with Gasteiger partial charge in [0.2, 0.25) is 0 Å². The zero-order valence-electron chi connectivity index (χ0n) is 22.8. The predicted molar refractivity (Wildman–Crippen MR) is 149 cm³/mol. The van der Waals surface area contributed by atoms with E-state index in [9.17, 15) is 8.78 Å². The summed E-state index contributed by atoms with van der Waals surface area (Å²) in [4.78, 5) is 0. The Hall–Kier alpha value is -1.90. The first-order chi connectivity index (χ1) is 17.6. The number of ether oxygens (including phenoxy) is 1. The maximum Gasteiger partial charge on any atom is 0.166 e. The van der Waals surface area contributed by atoms with Gasteiger partial charge in [0, 0.05) is 5.56 Å². The van der Waals surface area contributed by atoms with Gasteiger partial charge in [-0.1, -0.05) is 122 Å². The molecule has 0 amide bonds. The molecular formula is C33H48F2O. The van der Waals surface area contributed by atoms with Crippen molar-refractivity contribution in [3.8, 4) is 16.9 Å². The van der Waals surface area contributed by atoms with Crippen LogP contribution in [0.15, 0.2) is 36.4 Å². The number of unbranched alkanes of at least 4 members (excludes halogenated alkanes) is 7. The Morgan fingerprint density at radius 3 is 1.97 bits per heavy atom. The molecule has 36 heavy (non-hydrogen) atoms. The van der Waals surface area contributed by atoms with Gasteiger partial charge in [0.25, 0.3) is 0 Å². The molecule has 0 aliphatic heterocycles. The minimum Gasteiger partial charge on any atom is -0.494 e. The first-order valence-electron chi connectivity index (χ1n) is 14.8. The SMILES string of the molecule is CCCCCCCCOc1ccc(-c2ccc(CCC3CCC(CCCCC)CC3)c(F)c2F)cc1. The molecule has 3 rings (SSSR count). The Morgan fingerprint density at radius 1 is 0.667 bits per heavy atom. The number of benzene rings is 2. The summed E-state index contributed by atoms with van der Waals surface area (Å²) >= 11 is 0. The summed E-state index contributed by atoms with van der Waals surface area (Å²) in [6.45, 7) is 5.18. The molecule has 0 unspecified atom stereocenters. The second-order valence-electron chi connectivity index (χ2n) is 11.0. The highest BCUT2D eigenvalue weighted by atomic mass is 19.2. The van der Waals surface area contributed by atoms with E-state index in [0.717, 1.165) is 24.5 Å².